The minimum Gasteiger partial charge on any atom is -0.371 e. The van der Waals surface area contributed by atoms with E-state index < -0.39 is 0 Å². The molecule has 0 radical (unpaired) electrons. The van der Waals surface area contributed by atoms with Gasteiger partial charge in [-0.2, -0.15) is 0 Å². The van der Waals surface area contributed by atoms with Crippen LogP contribution >= 0.6 is 0 Å². The van der Waals surface area contributed by atoms with E-state index in [4.69, 9.17) is 0 Å². The zero-order chi connectivity index (χ0) is 24.9. The van der Waals surface area contributed by atoms with Crippen LogP contribution in [0.15, 0.2) is 36.4 Å². The van der Waals surface area contributed by atoms with Crippen LogP contribution in [0.1, 0.15) is 93.1 Å². The molecule has 188 valence electrons. The molecule has 0 saturated carbocycles. The van der Waals surface area contributed by atoms with Gasteiger partial charge in [0.2, 0.25) is 0 Å². The number of piperidine rings is 1. The molecule has 35 heavy (non-hydrogen) atoms. The summed E-state index contributed by atoms with van der Waals surface area (Å²) in [6.07, 6.45) is 5.58. The van der Waals surface area contributed by atoms with Crippen LogP contribution in [0.4, 0.5) is 21.9 Å². The molecule has 2 saturated heterocycles. The second-order valence-corrected chi connectivity index (χ2v) is 10.5. The fourth-order valence-corrected chi connectivity index (χ4v) is 5.26. The molecule has 0 atom stereocenters. The van der Waals surface area contributed by atoms with Crippen LogP contribution in [0.5, 0.6) is 0 Å². The highest BCUT2D eigenvalue weighted by atomic mass is 16.2. The van der Waals surface area contributed by atoms with Crippen molar-refractivity contribution in [3.8, 4) is 0 Å². The van der Waals surface area contributed by atoms with Crippen LogP contribution in [0.25, 0.3) is 0 Å². The van der Waals surface area contributed by atoms with E-state index in [1.165, 1.54) is 6.42 Å². The van der Waals surface area contributed by atoms with Gasteiger partial charge in [-0.25, -0.2) is 4.79 Å². The van der Waals surface area contributed by atoms with E-state index in [2.05, 4.69) is 61.4 Å². The van der Waals surface area contributed by atoms with E-state index in [9.17, 15) is 9.59 Å². The van der Waals surface area contributed by atoms with Gasteiger partial charge in [0.15, 0.2) is 0 Å². The minimum absolute atomic E-state index is 0.0721. The SMILES string of the molecule is CC(C)c1cccc(C(C)C)c1NC(=O)Nc1ccc(N2CCCC2)c(C(=O)N2CCCCC2)c1. The van der Waals surface area contributed by atoms with Crippen molar-refractivity contribution in [2.24, 2.45) is 0 Å². The van der Waals surface area contributed by atoms with Crippen molar-refractivity contribution in [3.05, 3.63) is 53.1 Å². The Labute approximate surface area is 210 Å². The Morgan fingerprint density at radius 2 is 1.37 bits per heavy atom. The van der Waals surface area contributed by atoms with Gasteiger partial charge in [-0.1, -0.05) is 45.9 Å². The predicted molar refractivity (Wildman–Crippen MR) is 145 cm³/mol. The summed E-state index contributed by atoms with van der Waals surface area (Å²) in [5, 5.41) is 6.12. The lowest BCUT2D eigenvalue weighted by Crippen LogP contribution is -2.36. The van der Waals surface area contributed by atoms with Crippen molar-refractivity contribution in [1.82, 2.24) is 4.90 Å². The van der Waals surface area contributed by atoms with Gasteiger partial charge in [0.05, 0.1) is 5.56 Å². The largest absolute Gasteiger partial charge is 0.371 e. The molecule has 3 amide bonds. The first-order valence-corrected chi connectivity index (χ1v) is 13.2. The molecule has 6 nitrogen and oxygen atoms in total. The number of carbonyl (C=O) groups excluding carboxylic acids is 2. The Morgan fingerprint density at radius 1 is 0.771 bits per heavy atom. The predicted octanol–water partition coefficient (Wildman–Crippen LogP) is 6.80. The Kier molecular flexibility index (Phi) is 7.99. The Hall–Kier alpha value is -3.02. The first-order valence-electron chi connectivity index (χ1n) is 13.2. The molecule has 2 aromatic rings. The molecule has 0 aliphatic carbocycles. The summed E-state index contributed by atoms with van der Waals surface area (Å²) in [5.74, 6) is 0.651. The zero-order valence-electron chi connectivity index (χ0n) is 21.7. The first kappa shape index (κ1) is 25.1. The quantitative estimate of drug-likeness (QED) is 0.482. The van der Waals surface area contributed by atoms with Gasteiger partial charge in [0.25, 0.3) is 5.91 Å². The Morgan fingerprint density at radius 3 is 1.97 bits per heavy atom. The number of hydrogen-bond donors (Lipinski definition) is 2. The Balaban J connectivity index is 1.59. The molecule has 0 unspecified atom stereocenters. The number of amides is 3. The van der Waals surface area contributed by atoms with E-state index in [0.717, 1.165) is 74.4 Å². The van der Waals surface area contributed by atoms with Crippen molar-refractivity contribution < 1.29 is 9.59 Å². The summed E-state index contributed by atoms with van der Waals surface area (Å²) >= 11 is 0. The van der Waals surface area contributed by atoms with Crippen molar-refractivity contribution in [3.63, 3.8) is 0 Å². The van der Waals surface area contributed by atoms with E-state index in [1.807, 2.05) is 23.1 Å². The maximum atomic E-state index is 13.5. The maximum absolute atomic E-state index is 13.5. The number of benzene rings is 2. The fraction of sp³-hybridized carbons (Fsp3) is 0.517. The summed E-state index contributed by atoms with van der Waals surface area (Å²) in [4.78, 5) is 30.9. The van der Waals surface area contributed by atoms with E-state index in [0.29, 0.717) is 11.3 Å². The van der Waals surface area contributed by atoms with Crippen LogP contribution in [0, 0.1) is 0 Å². The van der Waals surface area contributed by atoms with Crippen molar-refractivity contribution in [1.29, 1.82) is 0 Å². The summed E-state index contributed by atoms with van der Waals surface area (Å²) in [7, 11) is 0. The highest BCUT2D eigenvalue weighted by Gasteiger charge is 2.25. The van der Waals surface area contributed by atoms with Gasteiger partial charge in [-0.15, -0.1) is 0 Å². The monoisotopic (exact) mass is 476 g/mol. The zero-order valence-corrected chi connectivity index (χ0v) is 21.7. The number of nitrogens with one attached hydrogen (secondary N) is 2. The second-order valence-electron chi connectivity index (χ2n) is 10.5. The Bertz CT molecular complexity index is 1020. The number of likely N-dealkylation sites (tertiary alicyclic amines) is 1. The number of urea groups is 1. The smallest absolute Gasteiger partial charge is 0.323 e. The van der Waals surface area contributed by atoms with Crippen LogP contribution in [-0.2, 0) is 0 Å². The molecule has 2 heterocycles. The number of carbonyl (C=O) groups is 2. The number of rotatable bonds is 6. The highest BCUT2D eigenvalue weighted by Crippen LogP contribution is 2.33. The molecule has 0 bridgehead atoms. The molecule has 2 aliphatic heterocycles. The standard InChI is InChI=1S/C29H40N4O2/c1-20(2)23-11-10-12-24(21(3)4)27(23)31-29(35)30-22-13-14-26(32-15-8-9-16-32)25(19-22)28(34)33-17-6-5-7-18-33/h10-14,19-21H,5-9,15-18H2,1-4H3,(H2,30,31,35). The average Bonchev–Trinajstić information content (AvgIpc) is 3.38. The third-order valence-corrected chi connectivity index (χ3v) is 7.19. The van der Waals surface area contributed by atoms with Gasteiger partial charge in [0, 0.05) is 43.2 Å². The lowest BCUT2D eigenvalue weighted by molar-refractivity contribution is 0.0725. The van der Waals surface area contributed by atoms with Gasteiger partial charge >= 0.3 is 6.03 Å². The average molecular weight is 477 g/mol. The number of hydrogen-bond acceptors (Lipinski definition) is 3. The number of nitrogens with zero attached hydrogens (tertiary/aromatic N) is 2. The molecule has 2 fully saturated rings. The molecular formula is C29H40N4O2. The summed E-state index contributed by atoms with van der Waals surface area (Å²) in [5.41, 5.74) is 5.44. The second kappa shape index (κ2) is 11.1. The van der Waals surface area contributed by atoms with E-state index in [-0.39, 0.29) is 23.8 Å². The molecule has 0 aromatic heterocycles. The normalized spacial score (nSPS) is 16.2. The summed E-state index contributed by atoms with van der Waals surface area (Å²) < 4.78 is 0. The number of para-hydroxylation sites is 1. The minimum atomic E-state index is -0.287. The van der Waals surface area contributed by atoms with E-state index in [1.54, 1.807) is 0 Å². The van der Waals surface area contributed by atoms with Crippen LogP contribution < -0.4 is 15.5 Å². The molecule has 2 N–H and O–H groups in total. The maximum Gasteiger partial charge on any atom is 0.323 e. The molecular weight excluding hydrogens is 436 g/mol. The number of anilines is 3. The summed E-state index contributed by atoms with van der Waals surface area (Å²) in [6.45, 7) is 12.1. The van der Waals surface area contributed by atoms with E-state index >= 15 is 0 Å². The van der Waals surface area contributed by atoms with Gasteiger partial charge in [0.1, 0.15) is 0 Å². The van der Waals surface area contributed by atoms with Gasteiger partial charge < -0.3 is 20.4 Å². The molecule has 6 heteroatoms. The first-order chi connectivity index (χ1) is 16.8. The molecule has 0 spiro atoms. The fourth-order valence-electron chi connectivity index (χ4n) is 5.26. The van der Waals surface area contributed by atoms with Crippen LogP contribution in [-0.4, -0.2) is 43.0 Å². The third-order valence-electron chi connectivity index (χ3n) is 7.19. The van der Waals surface area contributed by atoms with Gasteiger partial charge in [-0.3, -0.25) is 4.79 Å². The highest BCUT2D eigenvalue weighted by molar-refractivity contribution is 6.04. The van der Waals surface area contributed by atoms with Crippen molar-refractivity contribution in [2.75, 3.05) is 41.7 Å². The van der Waals surface area contributed by atoms with Gasteiger partial charge in [-0.05, 0) is 73.3 Å². The molecule has 2 aliphatic rings. The third kappa shape index (κ3) is 5.80. The molecule has 4 rings (SSSR count). The van der Waals surface area contributed by atoms with Crippen molar-refractivity contribution in [2.45, 2.75) is 71.6 Å². The van der Waals surface area contributed by atoms with Crippen LogP contribution in [0.2, 0.25) is 0 Å². The van der Waals surface area contributed by atoms with Crippen molar-refractivity contribution >= 4 is 29.0 Å². The molecule has 2 aromatic carbocycles. The summed E-state index contributed by atoms with van der Waals surface area (Å²) in [6, 6.07) is 11.7. The lowest BCUT2D eigenvalue weighted by Gasteiger charge is -2.29. The topological polar surface area (TPSA) is 64.7 Å². The lowest BCUT2D eigenvalue weighted by atomic mass is 9.93. The van der Waals surface area contributed by atoms with Crippen LogP contribution in [0.3, 0.4) is 0 Å².